The van der Waals surface area contributed by atoms with Crippen molar-refractivity contribution in [2.75, 3.05) is 0 Å². The summed E-state index contributed by atoms with van der Waals surface area (Å²) in [5.74, 6) is -1.37. The van der Waals surface area contributed by atoms with Crippen molar-refractivity contribution in [2.45, 2.75) is 44.8 Å². The second-order valence-corrected chi connectivity index (χ2v) is 7.25. The maximum atomic E-state index is 12.2. The summed E-state index contributed by atoms with van der Waals surface area (Å²) in [5, 5.41) is 7.24. The number of hydrogen-bond acceptors (Lipinski definition) is 6. The van der Waals surface area contributed by atoms with Crippen LogP contribution in [-0.4, -0.2) is 35.0 Å². The Morgan fingerprint density at radius 2 is 1.89 bits per heavy atom. The van der Waals surface area contributed by atoms with Crippen molar-refractivity contribution in [1.29, 1.82) is 0 Å². The molecule has 0 spiro atoms. The van der Waals surface area contributed by atoms with E-state index in [9.17, 15) is 14.4 Å². The van der Waals surface area contributed by atoms with Gasteiger partial charge >= 0.3 is 12.0 Å². The van der Waals surface area contributed by atoms with Gasteiger partial charge in [-0.25, -0.2) is 14.6 Å². The Morgan fingerprint density at radius 1 is 1.19 bits per heavy atom. The Morgan fingerprint density at radius 3 is 2.59 bits per heavy atom. The average Bonchev–Trinajstić information content (AvgIpc) is 3.34. The molecule has 3 amide bonds. The van der Waals surface area contributed by atoms with E-state index in [1.54, 1.807) is 5.38 Å². The molecule has 7 nitrogen and oxygen atoms in total. The van der Waals surface area contributed by atoms with Crippen molar-refractivity contribution >= 4 is 29.2 Å². The van der Waals surface area contributed by atoms with Crippen LogP contribution in [-0.2, 0) is 9.53 Å². The van der Waals surface area contributed by atoms with Crippen molar-refractivity contribution < 1.29 is 19.1 Å². The zero-order valence-corrected chi connectivity index (χ0v) is 15.8. The van der Waals surface area contributed by atoms with Gasteiger partial charge in [0.15, 0.2) is 11.8 Å². The number of amides is 3. The van der Waals surface area contributed by atoms with Crippen LogP contribution in [0.5, 0.6) is 0 Å². The molecule has 27 heavy (non-hydrogen) atoms. The second-order valence-electron chi connectivity index (χ2n) is 6.40. The maximum Gasteiger partial charge on any atom is 0.358 e. The highest BCUT2D eigenvalue weighted by molar-refractivity contribution is 7.13. The molecule has 1 fully saturated rings. The third-order valence-corrected chi connectivity index (χ3v) is 5.21. The minimum absolute atomic E-state index is 0.0991. The van der Waals surface area contributed by atoms with Crippen LogP contribution in [0.15, 0.2) is 35.7 Å². The highest BCUT2D eigenvalue weighted by Gasteiger charge is 2.24. The molecule has 3 rings (SSSR count). The van der Waals surface area contributed by atoms with Gasteiger partial charge in [0.1, 0.15) is 5.01 Å². The SMILES string of the molecule is C[C@@H](OC(=O)c1csc(-c2ccccc2)n1)C(=O)NC(=O)NC1CCCC1. The first-order chi connectivity index (χ1) is 13.0. The van der Waals surface area contributed by atoms with Gasteiger partial charge in [-0.05, 0) is 19.8 Å². The van der Waals surface area contributed by atoms with Crippen molar-refractivity contribution in [3.8, 4) is 10.6 Å². The predicted molar refractivity (Wildman–Crippen MR) is 101 cm³/mol. The maximum absolute atomic E-state index is 12.2. The molecule has 0 unspecified atom stereocenters. The first-order valence-electron chi connectivity index (χ1n) is 8.86. The largest absolute Gasteiger partial charge is 0.448 e. The summed E-state index contributed by atoms with van der Waals surface area (Å²) in [6.07, 6.45) is 2.88. The number of ether oxygens (including phenoxy) is 1. The Balaban J connectivity index is 1.51. The van der Waals surface area contributed by atoms with E-state index in [4.69, 9.17) is 4.74 Å². The number of hydrogen-bond donors (Lipinski definition) is 2. The summed E-state index contributed by atoms with van der Waals surface area (Å²) in [7, 11) is 0. The Labute approximate surface area is 161 Å². The first kappa shape index (κ1) is 19.0. The quantitative estimate of drug-likeness (QED) is 0.768. The zero-order valence-electron chi connectivity index (χ0n) is 14.9. The lowest BCUT2D eigenvalue weighted by Gasteiger charge is -2.15. The lowest BCUT2D eigenvalue weighted by molar-refractivity contribution is -0.127. The number of urea groups is 1. The van der Waals surface area contributed by atoms with Gasteiger partial charge in [0, 0.05) is 17.0 Å². The smallest absolute Gasteiger partial charge is 0.358 e. The van der Waals surface area contributed by atoms with E-state index in [1.165, 1.54) is 18.3 Å². The highest BCUT2D eigenvalue weighted by atomic mass is 32.1. The molecule has 142 valence electrons. The molecule has 1 saturated carbocycles. The van der Waals surface area contributed by atoms with Crippen LogP contribution in [0.4, 0.5) is 4.79 Å². The summed E-state index contributed by atoms with van der Waals surface area (Å²) < 4.78 is 5.13. The number of thiazole rings is 1. The van der Waals surface area contributed by atoms with Crippen molar-refractivity contribution in [3.05, 3.63) is 41.4 Å². The molecule has 1 aromatic heterocycles. The molecule has 1 atom stereocenters. The monoisotopic (exact) mass is 387 g/mol. The molecule has 0 aliphatic heterocycles. The molecular formula is C19H21N3O4S. The van der Waals surface area contributed by atoms with E-state index in [-0.39, 0.29) is 11.7 Å². The molecular weight excluding hydrogens is 366 g/mol. The Bertz CT molecular complexity index is 815. The molecule has 1 heterocycles. The summed E-state index contributed by atoms with van der Waals surface area (Å²) in [6.45, 7) is 1.42. The van der Waals surface area contributed by atoms with E-state index >= 15 is 0 Å². The number of benzene rings is 1. The molecule has 8 heteroatoms. The van der Waals surface area contributed by atoms with Crippen molar-refractivity contribution in [3.63, 3.8) is 0 Å². The van der Waals surface area contributed by atoms with Crippen molar-refractivity contribution in [1.82, 2.24) is 15.6 Å². The topological polar surface area (TPSA) is 97.4 Å². The molecule has 2 N–H and O–H groups in total. The number of imide groups is 1. The van der Waals surface area contributed by atoms with Crippen LogP contribution < -0.4 is 10.6 Å². The number of rotatable bonds is 5. The van der Waals surface area contributed by atoms with Crippen LogP contribution in [0.2, 0.25) is 0 Å². The van der Waals surface area contributed by atoms with Gasteiger partial charge in [-0.3, -0.25) is 10.1 Å². The van der Waals surface area contributed by atoms with Crippen molar-refractivity contribution in [2.24, 2.45) is 0 Å². The minimum atomic E-state index is -1.10. The van der Waals surface area contributed by atoms with Gasteiger partial charge < -0.3 is 10.1 Å². The van der Waals surface area contributed by atoms with E-state index in [0.717, 1.165) is 31.2 Å². The number of carbonyl (C=O) groups excluding carboxylic acids is 3. The molecule has 2 aromatic rings. The van der Waals surface area contributed by atoms with Gasteiger partial charge in [-0.2, -0.15) is 0 Å². The van der Waals surface area contributed by atoms with Crippen LogP contribution in [0.1, 0.15) is 43.1 Å². The molecule has 0 radical (unpaired) electrons. The third-order valence-electron chi connectivity index (χ3n) is 4.31. The molecule has 0 saturated heterocycles. The number of carbonyl (C=O) groups is 3. The van der Waals surface area contributed by atoms with Crippen LogP contribution in [0.3, 0.4) is 0 Å². The normalized spacial score (nSPS) is 15.1. The fourth-order valence-corrected chi connectivity index (χ4v) is 3.66. The van der Waals surface area contributed by atoms with Crippen LogP contribution >= 0.6 is 11.3 Å². The zero-order chi connectivity index (χ0) is 19.2. The van der Waals surface area contributed by atoms with Gasteiger partial charge in [0.05, 0.1) is 0 Å². The summed E-state index contributed by atoms with van der Waals surface area (Å²) in [6, 6.07) is 9.00. The lowest BCUT2D eigenvalue weighted by atomic mass is 10.2. The van der Waals surface area contributed by atoms with Gasteiger partial charge in [-0.1, -0.05) is 43.2 Å². The number of nitrogens with zero attached hydrogens (tertiary/aromatic N) is 1. The second kappa shape index (κ2) is 8.77. The molecule has 1 aliphatic rings. The highest BCUT2D eigenvalue weighted by Crippen LogP contribution is 2.23. The fraction of sp³-hybridized carbons (Fsp3) is 0.368. The number of nitrogens with one attached hydrogen (secondary N) is 2. The third kappa shape index (κ3) is 5.13. The van der Waals surface area contributed by atoms with Gasteiger partial charge in [0.25, 0.3) is 5.91 Å². The van der Waals surface area contributed by atoms with Gasteiger partial charge in [-0.15, -0.1) is 11.3 Å². The number of aromatic nitrogens is 1. The molecule has 0 bridgehead atoms. The van der Waals surface area contributed by atoms with E-state index < -0.39 is 24.0 Å². The summed E-state index contributed by atoms with van der Waals surface area (Å²) >= 11 is 1.32. The van der Waals surface area contributed by atoms with E-state index in [1.807, 2.05) is 30.3 Å². The van der Waals surface area contributed by atoms with Crippen LogP contribution in [0.25, 0.3) is 10.6 Å². The summed E-state index contributed by atoms with van der Waals surface area (Å²) in [4.78, 5) is 40.4. The van der Waals surface area contributed by atoms with E-state index in [0.29, 0.717) is 5.01 Å². The van der Waals surface area contributed by atoms with E-state index in [2.05, 4.69) is 15.6 Å². The molecule has 1 aromatic carbocycles. The van der Waals surface area contributed by atoms with Gasteiger partial charge in [0.2, 0.25) is 0 Å². The van der Waals surface area contributed by atoms with Crippen LogP contribution in [0, 0.1) is 0 Å². The minimum Gasteiger partial charge on any atom is -0.448 e. The fourth-order valence-electron chi connectivity index (χ4n) is 2.86. The molecule has 1 aliphatic carbocycles. The predicted octanol–water partition coefficient (Wildman–Crippen LogP) is 3.12. The average molecular weight is 387 g/mol. The summed E-state index contributed by atoms with van der Waals surface area (Å²) in [5.41, 5.74) is 1.03. The first-order valence-corrected chi connectivity index (χ1v) is 9.74. The Hall–Kier alpha value is -2.74. The Kier molecular flexibility index (Phi) is 6.18. The number of esters is 1. The standard InChI is InChI=1S/C19H21N3O4S/c1-12(16(23)22-19(25)20-14-9-5-6-10-14)26-18(24)15-11-27-17(21-15)13-7-3-2-4-8-13/h2-4,7-8,11-12,14H,5-6,9-10H2,1H3,(H2,20,22,23,25)/t12-/m1/s1. The lowest BCUT2D eigenvalue weighted by Crippen LogP contribution is -2.47.